The molecule has 1 aliphatic heterocycles. The summed E-state index contributed by atoms with van der Waals surface area (Å²) in [5.74, 6) is 0.834. The molecule has 18 heavy (non-hydrogen) atoms. The first kappa shape index (κ1) is 13.6. The van der Waals surface area contributed by atoms with Gasteiger partial charge in [0.1, 0.15) is 5.82 Å². The lowest BCUT2D eigenvalue weighted by atomic mass is 10.0. The summed E-state index contributed by atoms with van der Waals surface area (Å²) in [5, 5.41) is 9.69. The van der Waals surface area contributed by atoms with Gasteiger partial charge in [0.25, 0.3) is 0 Å². The highest BCUT2D eigenvalue weighted by Crippen LogP contribution is 2.27. The van der Waals surface area contributed by atoms with Crippen LogP contribution in [0, 0.1) is 0 Å². The van der Waals surface area contributed by atoms with Crippen LogP contribution in [0.1, 0.15) is 18.4 Å². The molecule has 0 bridgehead atoms. The molecule has 4 nitrogen and oxygen atoms in total. The van der Waals surface area contributed by atoms with E-state index in [1.807, 2.05) is 0 Å². The molecule has 1 N–H and O–H groups in total. The molecule has 0 spiro atoms. The molecule has 1 saturated heterocycles. The minimum Gasteiger partial charge on any atom is -0.392 e. The lowest BCUT2D eigenvalue weighted by Crippen LogP contribution is -2.45. The van der Waals surface area contributed by atoms with E-state index in [-0.39, 0.29) is 6.61 Å². The van der Waals surface area contributed by atoms with Gasteiger partial charge in [-0.05, 0) is 38.6 Å². The van der Waals surface area contributed by atoms with Crippen molar-refractivity contribution in [2.24, 2.45) is 0 Å². The van der Waals surface area contributed by atoms with Gasteiger partial charge in [-0.15, -0.1) is 0 Å². The highest BCUT2D eigenvalue weighted by Gasteiger charge is 2.23. The average molecular weight is 270 g/mol. The van der Waals surface area contributed by atoms with Crippen LogP contribution in [0.15, 0.2) is 12.3 Å². The summed E-state index contributed by atoms with van der Waals surface area (Å²) in [6.07, 6.45) is 4.07. The third-order valence-corrected chi connectivity index (χ3v) is 3.77. The van der Waals surface area contributed by atoms with E-state index in [1.165, 1.54) is 6.42 Å². The zero-order valence-electron chi connectivity index (χ0n) is 10.9. The number of aromatic nitrogens is 1. The van der Waals surface area contributed by atoms with Crippen molar-refractivity contribution in [2.45, 2.75) is 25.5 Å². The largest absolute Gasteiger partial charge is 0.392 e. The Morgan fingerprint density at radius 2 is 2.33 bits per heavy atom. The molecule has 1 fully saturated rings. The molecule has 0 aliphatic carbocycles. The summed E-state index contributed by atoms with van der Waals surface area (Å²) < 4.78 is 0. The lowest BCUT2D eigenvalue weighted by molar-refractivity contribution is 0.257. The van der Waals surface area contributed by atoms with E-state index in [2.05, 4.69) is 28.9 Å². The lowest BCUT2D eigenvalue weighted by Gasteiger charge is -2.37. The highest BCUT2D eigenvalue weighted by molar-refractivity contribution is 6.33. The van der Waals surface area contributed by atoms with Crippen LogP contribution in [-0.4, -0.2) is 48.2 Å². The van der Waals surface area contributed by atoms with E-state index in [4.69, 9.17) is 16.7 Å². The van der Waals surface area contributed by atoms with Crippen molar-refractivity contribution < 1.29 is 5.11 Å². The number of aliphatic hydroxyl groups is 1. The van der Waals surface area contributed by atoms with E-state index in [1.54, 1.807) is 12.3 Å². The minimum absolute atomic E-state index is 0.0205. The molecule has 1 aromatic heterocycles. The number of piperidine rings is 1. The highest BCUT2D eigenvalue weighted by atomic mass is 35.5. The van der Waals surface area contributed by atoms with Gasteiger partial charge in [0.05, 0.1) is 11.6 Å². The van der Waals surface area contributed by atoms with Crippen molar-refractivity contribution in [3.8, 4) is 0 Å². The van der Waals surface area contributed by atoms with Crippen molar-refractivity contribution in [1.29, 1.82) is 0 Å². The molecule has 2 heterocycles. The van der Waals surface area contributed by atoms with Gasteiger partial charge in [-0.1, -0.05) is 11.6 Å². The maximum atomic E-state index is 9.06. The van der Waals surface area contributed by atoms with Gasteiger partial charge in [0, 0.05) is 25.3 Å². The zero-order chi connectivity index (χ0) is 13.1. The number of halogens is 1. The van der Waals surface area contributed by atoms with Crippen LogP contribution in [0.3, 0.4) is 0 Å². The zero-order valence-corrected chi connectivity index (χ0v) is 11.7. The summed E-state index contributed by atoms with van der Waals surface area (Å²) in [6.45, 7) is 1.93. The summed E-state index contributed by atoms with van der Waals surface area (Å²) >= 11 is 6.24. The molecule has 0 amide bonds. The SMILES string of the molecule is CN(C)C1CCCN(c2ncc(CO)cc2Cl)C1. The van der Waals surface area contributed by atoms with E-state index >= 15 is 0 Å². The molecule has 2 rings (SSSR count). The number of nitrogens with zero attached hydrogens (tertiary/aromatic N) is 3. The van der Waals surface area contributed by atoms with Crippen LogP contribution in [0.4, 0.5) is 5.82 Å². The summed E-state index contributed by atoms with van der Waals surface area (Å²) in [6, 6.07) is 2.34. The number of aliphatic hydroxyl groups excluding tert-OH is 1. The fourth-order valence-corrected chi connectivity index (χ4v) is 2.67. The molecule has 5 heteroatoms. The number of anilines is 1. The number of likely N-dealkylation sites (N-methyl/N-ethyl adjacent to an activating group) is 1. The van der Waals surface area contributed by atoms with Gasteiger partial charge < -0.3 is 14.9 Å². The Morgan fingerprint density at radius 3 is 2.94 bits per heavy atom. The maximum Gasteiger partial charge on any atom is 0.147 e. The second kappa shape index (κ2) is 5.87. The Kier molecular flexibility index (Phi) is 4.43. The molecule has 1 atom stereocenters. The Balaban J connectivity index is 2.15. The Labute approximate surface area is 113 Å². The number of hydrogen-bond donors (Lipinski definition) is 1. The van der Waals surface area contributed by atoms with E-state index in [0.717, 1.165) is 30.9 Å². The number of pyridine rings is 1. The molecule has 0 aromatic carbocycles. The van der Waals surface area contributed by atoms with Crippen molar-refractivity contribution in [1.82, 2.24) is 9.88 Å². The molecule has 100 valence electrons. The summed E-state index contributed by atoms with van der Waals surface area (Å²) in [5.41, 5.74) is 0.755. The van der Waals surface area contributed by atoms with Crippen molar-refractivity contribution >= 4 is 17.4 Å². The predicted molar refractivity (Wildman–Crippen MR) is 74.1 cm³/mol. The standard InChI is InChI=1S/C13H20ClN3O/c1-16(2)11-4-3-5-17(8-11)13-12(14)6-10(9-18)7-15-13/h6-7,11,18H,3-5,8-9H2,1-2H3. The molecule has 1 aromatic rings. The topological polar surface area (TPSA) is 39.6 Å². The van der Waals surface area contributed by atoms with Crippen LogP contribution in [0.5, 0.6) is 0 Å². The average Bonchev–Trinajstić information content (AvgIpc) is 2.38. The number of rotatable bonds is 3. The normalized spacial score (nSPS) is 20.5. The Hall–Kier alpha value is -0.840. The fraction of sp³-hybridized carbons (Fsp3) is 0.615. The summed E-state index contributed by atoms with van der Waals surface area (Å²) in [7, 11) is 4.22. The Bertz CT molecular complexity index is 411. The first-order chi connectivity index (χ1) is 8.61. The van der Waals surface area contributed by atoms with Gasteiger partial charge in [0.15, 0.2) is 0 Å². The molecular formula is C13H20ClN3O. The van der Waals surface area contributed by atoms with E-state index in [9.17, 15) is 0 Å². The third kappa shape index (κ3) is 2.94. The monoisotopic (exact) mass is 269 g/mol. The van der Waals surface area contributed by atoms with Crippen molar-refractivity contribution in [2.75, 3.05) is 32.1 Å². The minimum atomic E-state index is -0.0205. The first-order valence-electron chi connectivity index (χ1n) is 6.28. The third-order valence-electron chi connectivity index (χ3n) is 3.49. The van der Waals surface area contributed by atoms with Gasteiger partial charge in [-0.2, -0.15) is 0 Å². The van der Waals surface area contributed by atoms with Crippen LogP contribution in [-0.2, 0) is 6.61 Å². The van der Waals surface area contributed by atoms with Gasteiger partial charge in [0.2, 0.25) is 0 Å². The summed E-state index contributed by atoms with van der Waals surface area (Å²) in [4.78, 5) is 8.87. The number of hydrogen-bond acceptors (Lipinski definition) is 4. The smallest absolute Gasteiger partial charge is 0.147 e. The second-order valence-electron chi connectivity index (χ2n) is 5.01. The van der Waals surface area contributed by atoms with E-state index < -0.39 is 0 Å². The second-order valence-corrected chi connectivity index (χ2v) is 5.42. The maximum absolute atomic E-state index is 9.06. The Morgan fingerprint density at radius 1 is 1.56 bits per heavy atom. The van der Waals surface area contributed by atoms with Crippen LogP contribution < -0.4 is 4.90 Å². The van der Waals surface area contributed by atoms with Gasteiger partial charge >= 0.3 is 0 Å². The van der Waals surface area contributed by atoms with Crippen molar-refractivity contribution in [3.05, 3.63) is 22.8 Å². The molecule has 1 unspecified atom stereocenters. The molecule has 0 saturated carbocycles. The van der Waals surface area contributed by atoms with Gasteiger partial charge in [-0.25, -0.2) is 4.98 Å². The fourth-order valence-electron chi connectivity index (χ4n) is 2.36. The predicted octanol–water partition coefficient (Wildman–Crippen LogP) is 1.76. The van der Waals surface area contributed by atoms with Crippen LogP contribution in [0.25, 0.3) is 0 Å². The molecule has 1 aliphatic rings. The van der Waals surface area contributed by atoms with Crippen molar-refractivity contribution in [3.63, 3.8) is 0 Å². The molecular weight excluding hydrogens is 250 g/mol. The molecule has 0 radical (unpaired) electrons. The first-order valence-corrected chi connectivity index (χ1v) is 6.66. The van der Waals surface area contributed by atoms with E-state index in [0.29, 0.717) is 11.1 Å². The van der Waals surface area contributed by atoms with Crippen LogP contribution in [0.2, 0.25) is 5.02 Å². The van der Waals surface area contributed by atoms with Crippen LogP contribution >= 0.6 is 11.6 Å². The van der Waals surface area contributed by atoms with Gasteiger partial charge in [-0.3, -0.25) is 0 Å². The quantitative estimate of drug-likeness (QED) is 0.908.